The molecule has 20 heavy (non-hydrogen) atoms. The van der Waals surface area contributed by atoms with Crippen LogP contribution in [-0.4, -0.2) is 29.9 Å². The summed E-state index contributed by atoms with van der Waals surface area (Å²) in [5, 5.41) is 12.8. The maximum absolute atomic E-state index is 13.7. The van der Waals surface area contributed by atoms with Gasteiger partial charge in [0.1, 0.15) is 0 Å². The molecule has 3 nitrogen and oxygen atoms in total. The monoisotopic (exact) mass is 283 g/mol. The minimum atomic E-state index is -0.407. The van der Waals surface area contributed by atoms with Gasteiger partial charge >= 0.3 is 0 Å². The van der Waals surface area contributed by atoms with Crippen molar-refractivity contribution >= 4 is 0 Å². The third-order valence-corrected chi connectivity index (χ3v) is 3.30. The highest BCUT2D eigenvalue weighted by atomic mass is 19.1. The second-order valence-corrected chi connectivity index (χ2v) is 5.71. The summed E-state index contributed by atoms with van der Waals surface area (Å²) in [6.45, 7) is 8.68. The number of halogens is 1. The van der Waals surface area contributed by atoms with Gasteiger partial charge in [-0.2, -0.15) is 0 Å². The topological polar surface area (TPSA) is 41.5 Å². The summed E-state index contributed by atoms with van der Waals surface area (Å²) in [5.41, 5.74) is 0.554. The van der Waals surface area contributed by atoms with E-state index < -0.39 is 5.54 Å². The van der Waals surface area contributed by atoms with Crippen LogP contribution in [0.1, 0.15) is 39.2 Å². The Morgan fingerprint density at radius 3 is 2.75 bits per heavy atom. The second-order valence-electron chi connectivity index (χ2n) is 5.71. The summed E-state index contributed by atoms with van der Waals surface area (Å²) in [6.07, 6.45) is 1.42. The van der Waals surface area contributed by atoms with Gasteiger partial charge in [-0.3, -0.25) is 0 Å². The number of benzene rings is 1. The molecule has 0 aliphatic carbocycles. The molecule has 0 aromatic heterocycles. The quantitative estimate of drug-likeness (QED) is 0.770. The molecule has 2 unspecified atom stereocenters. The Morgan fingerprint density at radius 1 is 1.45 bits per heavy atom. The van der Waals surface area contributed by atoms with Crippen molar-refractivity contribution in [3.63, 3.8) is 0 Å². The number of hydrogen-bond acceptors (Lipinski definition) is 3. The summed E-state index contributed by atoms with van der Waals surface area (Å²) < 4.78 is 19.3. The van der Waals surface area contributed by atoms with Crippen LogP contribution in [0.5, 0.6) is 5.75 Å². The highest BCUT2D eigenvalue weighted by Crippen LogP contribution is 2.22. The Labute approximate surface area is 121 Å². The molecule has 0 spiro atoms. The highest BCUT2D eigenvalue weighted by Gasteiger charge is 2.26. The molecule has 0 saturated heterocycles. The Balaban J connectivity index is 2.65. The van der Waals surface area contributed by atoms with Crippen LogP contribution in [-0.2, 0) is 0 Å². The number of nitrogens with one attached hydrogen (secondary N) is 1. The molecule has 1 aromatic carbocycles. The lowest BCUT2D eigenvalue weighted by Gasteiger charge is -2.31. The smallest absolute Gasteiger partial charge is 0.165 e. The molecular weight excluding hydrogens is 257 g/mol. The van der Waals surface area contributed by atoms with Crippen molar-refractivity contribution in [3.8, 4) is 5.75 Å². The van der Waals surface area contributed by atoms with E-state index in [0.29, 0.717) is 6.42 Å². The van der Waals surface area contributed by atoms with E-state index in [9.17, 15) is 9.50 Å². The Kier molecular flexibility index (Phi) is 6.43. The number of hydrogen-bond donors (Lipinski definition) is 2. The number of aliphatic hydroxyl groups excluding tert-OH is 1. The number of rotatable bonds is 8. The molecular formula is C16H26FNO2. The lowest BCUT2D eigenvalue weighted by molar-refractivity contribution is 0.107. The van der Waals surface area contributed by atoms with Gasteiger partial charge in [0.25, 0.3) is 0 Å². The first-order valence-electron chi connectivity index (χ1n) is 7.19. The largest absolute Gasteiger partial charge is 0.488 e. The zero-order chi connectivity index (χ0) is 15.2. The van der Waals surface area contributed by atoms with Crippen LogP contribution in [0.4, 0.5) is 4.39 Å². The van der Waals surface area contributed by atoms with Crippen molar-refractivity contribution in [2.75, 3.05) is 13.2 Å². The summed E-state index contributed by atoms with van der Waals surface area (Å²) >= 11 is 0. The van der Waals surface area contributed by atoms with E-state index in [2.05, 4.69) is 12.2 Å². The summed E-state index contributed by atoms with van der Waals surface area (Å²) in [5.74, 6) is -0.0806. The van der Waals surface area contributed by atoms with Gasteiger partial charge in [-0.15, -0.1) is 0 Å². The van der Waals surface area contributed by atoms with Gasteiger partial charge in [-0.05, 0) is 51.4 Å². The maximum atomic E-state index is 13.7. The van der Waals surface area contributed by atoms with Crippen molar-refractivity contribution in [3.05, 3.63) is 29.6 Å². The molecule has 2 N–H and O–H groups in total. The lowest BCUT2D eigenvalue weighted by Crippen LogP contribution is -2.48. The van der Waals surface area contributed by atoms with Crippen molar-refractivity contribution in [1.29, 1.82) is 0 Å². The average Bonchev–Trinajstić information content (AvgIpc) is 2.40. The summed E-state index contributed by atoms with van der Waals surface area (Å²) in [7, 11) is 0. The van der Waals surface area contributed by atoms with E-state index in [1.165, 1.54) is 6.07 Å². The van der Waals surface area contributed by atoms with Crippen molar-refractivity contribution in [2.24, 2.45) is 0 Å². The van der Waals surface area contributed by atoms with E-state index in [1.54, 1.807) is 12.1 Å². The van der Waals surface area contributed by atoms with Crippen LogP contribution < -0.4 is 10.1 Å². The first-order chi connectivity index (χ1) is 9.40. The second kappa shape index (κ2) is 7.60. The zero-order valence-corrected chi connectivity index (χ0v) is 12.9. The van der Waals surface area contributed by atoms with Crippen molar-refractivity contribution in [1.82, 2.24) is 5.32 Å². The molecule has 1 rings (SSSR count). The van der Waals surface area contributed by atoms with Gasteiger partial charge in [-0.1, -0.05) is 13.0 Å². The van der Waals surface area contributed by atoms with Crippen molar-refractivity contribution < 1.29 is 14.2 Å². The van der Waals surface area contributed by atoms with Gasteiger partial charge in [0.05, 0.1) is 12.7 Å². The van der Waals surface area contributed by atoms with Gasteiger partial charge in [0.2, 0.25) is 0 Å². The molecule has 0 radical (unpaired) electrons. The van der Waals surface area contributed by atoms with Gasteiger partial charge in [-0.25, -0.2) is 4.39 Å². The fraction of sp³-hybridized carbons (Fsp3) is 0.625. The fourth-order valence-corrected chi connectivity index (χ4v) is 2.21. The molecule has 4 heteroatoms. The van der Waals surface area contributed by atoms with Crippen LogP contribution in [0.3, 0.4) is 0 Å². The first-order valence-corrected chi connectivity index (χ1v) is 7.19. The highest BCUT2D eigenvalue weighted by molar-refractivity contribution is 5.29. The van der Waals surface area contributed by atoms with E-state index in [-0.39, 0.29) is 24.3 Å². The standard InChI is InChI=1S/C16H26FNO2/c1-5-8-18-16(4,11-19)10-13(3)20-15-9-12(2)6-7-14(15)17/h6-7,9,13,18-19H,5,8,10-11H2,1-4H3. The molecule has 114 valence electrons. The average molecular weight is 283 g/mol. The van der Waals surface area contributed by atoms with Crippen LogP contribution in [0, 0.1) is 12.7 Å². The zero-order valence-electron chi connectivity index (χ0n) is 12.9. The van der Waals surface area contributed by atoms with Gasteiger partial charge in [0.15, 0.2) is 11.6 Å². The van der Waals surface area contributed by atoms with E-state index in [0.717, 1.165) is 18.5 Å². The van der Waals surface area contributed by atoms with Gasteiger partial charge in [0, 0.05) is 12.0 Å². The van der Waals surface area contributed by atoms with E-state index in [4.69, 9.17) is 4.74 Å². The summed E-state index contributed by atoms with van der Waals surface area (Å²) in [4.78, 5) is 0. The molecule has 0 aliphatic heterocycles. The molecule has 0 fully saturated rings. The predicted molar refractivity (Wildman–Crippen MR) is 79.6 cm³/mol. The van der Waals surface area contributed by atoms with Gasteiger partial charge < -0.3 is 15.2 Å². The normalized spacial score (nSPS) is 15.7. The van der Waals surface area contributed by atoms with Crippen LogP contribution >= 0.6 is 0 Å². The van der Waals surface area contributed by atoms with Crippen molar-refractivity contribution in [2.45, 2.75) is 52.2 Å². The Morgan fingerprint density at radius 2 is 2.15 bits per heavy atom. The number of ether oxygens (including phenoxy) is 1. The first kappa shape index (κ1) is 16.9. The minimum absolute atomic E-state index is 0.0248. The summed E-state index contributed by atoms with van der Waals surface area (Å²) in [6, 6.07) is 4.83. The van der Waals surface area contributed by atoms with E-state index >= 15 is 0 Å². The minimum Gasteiger partial charge on any atom is -0.488 e. The SMILES string of the molecule is CCCNC(C)(CO)CC(C)Oc1cc(C)ccc1F. The molecule has 0 amide bonds. The third kappa shape index (κ3) is 5.10. The molecule has 0 saturated carbocycles. The van der Waals surface area contributed by atoms with Crippen LogP contribution in [0.15, 0.2) is 18.2 Å². The number of aryl methyl sites for hydroxylation is 1. The molecule has 1 aromatic rings. The Bertz CT molecular complexity index is 425. The van der Waals surface area contributed by atoms with Crippen LogP contribution in [0.2, 0.25) is 0 Å². The van der Waals surface area contributed by atoms with E-state index in [1.807, 2.05) is 20.8 Å². The third-order valence-electron chi connectivity index (χ3n) is 3.30. The molecule has 2 atom stereocenters. The number of aliphatic hydroxyl groups is 1. The lowest BCUT2D eigenvalue weighted by atomic mass is 9.95. The Hall–Kier alpha value is -1.13. The molecule has 0 heterocycles. The fourth-order valence-electron chi connectivity index (χ4n) is 2.21. The predicted octanol–water partition coefficient (Wildman–Crippen LogP) is 3.04. The van der Waals surface area contributed by atoms with Crippen LogP contribution in [0.25, 0.3) is 0 Å². The molecule has 0 aliphatic rings. The molecule has 0 bridgehead atoms. The maximum Gasteiger partial charge on any atom is 0.165 e.